The lowest BCUT2D eigenvalue weighted by Crippen LogP contribution is -2.33. The predicted molar refractivity (Wildman–Crippen MR) is 69.5 cm³/mol. The van der Waals surface area contributed by atoms with Crippen LogP contribution in [0, 0.1) is 11.8 Å². The van der Waals surface area contributed by atoms with E-state index in [4.69, 9.17) is 5.73 Å². The smallest absolute Gasteiger partial charge is 0.222 e. The molecule has 0 aromatic rings. The molecular formula is C14H26N2O. The summed E-state index contributed by atoms with van der Waals surface area (Å²) in [6.45, 7) is 3.78. The highest BCUT2D eigenvalue weighted by Crippen LogP contribution is 2.27. The molecule has 1 aliphatic carbocycles. The van der Waals surface area contributed by atoms with E-state index in [1.54, 1.807) is 0 Å². The fourth-order valence-corrected chi connectivity index (χ4v) is 3.14. The number of hydrogen-bond acceptors (Lipinski definition) is 2. The van der Waals surface area contributed by atoms with Gasteiger partial charge in [-0.3, -0.25) is 4.79 Å². The minimum Gasteiger partial charge on any atom is -0.341 e. The van der Waals surface area contributed by atoms with Gasteiger partial charge in [-0.05, 0) is 24.7 Å². The van der Waals surface area contributed by atoms with Gasteiger partial charge in [-0.2, -0.15) is 0 Å². The van der Waals surface area contributed by atoms with Crippen LogP contribution in [-0.2, 0) is 4.79 Å². The van der Waals surface area contributed by atoms with Gasteiger partial charge >= 0.3 is 0 Å². The molecular weight excluding hydrogens is 212 g/mol. The number of amides is 1. The Morgan fingerprint density at radius 1 is 1.18 bits per heavy atom. The van der Waals surface area contributed by atoms with Crippen molar-refractivity contribution in [3.63, 3.8) is 0 Å². The highest BCUT2D eigenvalue weighted by molar-refractivity contribution is 5.76. The third-order valence-electron chi connectivity index (χ3n) is 4.46. The summed E-state index contributed by atoms with van der Waals surface area (Å²) < 4.78 is 0. The highest BCUT2D eigenvalue weighted by Gasteiger charge is 2.30. The zero-order valence-electron chi connectivity index (χ0n) is 11.0. The first kappa shape index (κ1) is 12.9. The predicted octanol–water partition coefficient (Wildman–Crippen LogP) is 2.15. The topological polar surface area (TPSA) is 46.3 Å². The summed E-state index contributed by atoms with van der Waals surface area (Å²) in [6.07, 6.45) is 8.61. The summed E-state index contributed by atoms with van der Waals surface area (Å²) in [5.74, 6) is 1.45. The second kappa shape index (κ2) is 5.85. The van der Waals surface area contributed by atoms with E-state index < -0.39 is 0 Å². The first-order chi connectivity index (χ1) is 8.16. The Kier molecular flexibility index (Phi) is 4.43. The third-order valence-corrected chi connectivity index (χ3v) is 4.46. The second-order valence-corrected chi connectivity index (χ2v) is 6.00. The van der Waals surface area contributed by atoms with E-state index in [1.165, 1.54) is 38.5 Å². The zero-order valence-corrected chi connectivity index (χ0v) is 11.0. The lowest BCUT2D eigenvalue weighted by molar-refractivity contribution is -0.131. The standard InChI is InChI=1S/C14H26N2O/c1-11-9-16(10-13(11)15)14(17)8-12-6-4-2-3-5-7-12/h11-13H,2-10,15H2,1H3. The Balaban J connectivity index is 1.80. The van der Waals surface area contributed by atoms with Gasteiger partial charge in [-0.15, -0.1) is 0 Å². The maximum atomic E-state index is 12.2. The van der Waals surface area contributed by atoms with Gasteiger partial charge in [-0.25, -0.2) is 0 Å². The second-order valence-electron chi connectivity index (χ2n) is 6.00. The number of rotatable bonds is 2. The Hall–Kier alpha value is -0.570. The summed E-state index contributed by atoms with van der Waals surface area (Å²) in [7, 11) is 0. The number of likely N-dealkylation sites (tertiary alicyclic amines) is 1. The number of nitrogens with two attached hydrogens (primary N) is 1. The molecule has 3 heteroatoms. The van der Waals surface area contributed by atoms with E-state index in [0.717, 1.165) is 19.5 Å². The molecule has 2 rings (SSSR count). The molecule has 17 heavy (non-hydrogen) atoms. The van der Waals surface area contributed by atoms with Crippen molar-refractivity contribution in [3.8, 4) is 0 Å². The van der Waals surface area contributed by atoms with E-state index >= 15 is 0 Å². The van der Waals surface area contributed by atoms with Crippen molar-refractivity contribution in [1.29, 1.82) is 0 Å². The zero-order chi connectivity index (χ0) is 12.3. The molecule has 1 amide bonds. The molecule has 0 spiro atoms. The number of hydrogen-bond donors (Lipinski definition) is 1. The SMILES string of the molecule is CC1CN(C(=O)CC2CCCCCC2)CC1N. The molecule has 0 aromatic heterocycles. The van der Waals surface area contributed by atoms with E-state index in [9.17, 15) is 4.79 Å². The van der Waals surface area contributed by atoms with Crippen LogP contribution in [0.2, 0.25) is 0 Å². The Labute approximate surface area is 105 Å². The van der Waals surface area contributed by atoms with Crippen LogP contribution in [0.3, 0.4) is 0 Å². The molecule has 1 aliphatic heterocycles. The van der Waals surface area contributed by atoms with Crippen LogP contribution >= 0.6 is 0 Å². The minimum absolute atomic E-state index is 0.188. The summed E-state index contributed by atoms with van der Waals surface area (Å²) >= 11 is 0. The Morgan fingerprint density at radius 2 is 1.82 bits per heavy atom. The lowest BCUT2D eigenvalue weighted by atomic mass is 9.96. The fourth-order valence-electron chi connectivity index (χ4n) is 3.14. The maximum Gasteiger partial charge on any atom is 0.222 e. The molecule has 2 fully saturated rings. The van der Waals surface area contributed by atoms with Crippen LogP contribution in [0.5, 0.6) is 0 Å². The Bertz CT molecular complexity index is 249. The van der Waals surface area contributed by atoms with Crippen molar-refractivity contribution in [1.82, 2.24) is 4.90 Å². The van der Waals surface area contributed by atoms with Gasteiger partial charge in [0.25, 0.3) is 0 Å². The minimum atomic E-state index is 0.188. The lowest BCUT2D eigenvalue weighted by Gasteiger charge is -2.20. The largest absolute Gasteiger partial charge is 0.341 e. The van der Waals surface area contributed by atoms with Crippen LogP contribution < -0.4 is 5.73 Å². The normalized spacial score (nSPS) is 31.5. The van der Waals surface area contributed by atoms with Gasteiger partial charge in [0.2, 0.25) is 5.91 Å². The molecule has 2 N–H and O–H groups in total. The van der Waals surface area contributed by atoms with Crippen LogP contribution in [0.4, 0.5) is 0 Å². The molecule has 1 saturated heterocycles. The molecule has 98 valence electrons. The first-order valence-electron chi connectivity index (χ1n) is 7.20. The monoisotopic (exact) mass is 238 g/mol. The molecule has 2 unspecified atom stereocenters. The molecule has 2 aliphatic rings. The van der Waals surface area contributed by atoms with E-state index in [0.29, 0.717) is 17.7 Å². The number of carbonyl (C=O) groups is 1. The van der Waals surface area contributed by atoms with Crippen LogP contribution in [0.15, 0.2) is 0 Å². The van der Waals surface area contributed by atoms with Crippen LogP contribution in [0.1, 0.15) is 51.9 Å². The van der Waals surface area contributed by atoms with Crippen molar-refractivity contribution in [3.05, 3.63) is 0 Å². The maximum absolute atomic E-state index is 12.2. The molecule has 0 radical (unpaired) electrons. The summed E-state index contributed by atoms with van der Waals surface area (Å²) in [5, 5.41) is 0. The summed E-state index contributed by atoms with van der Waals surface area (Å²) in [6, 6.07) is 0.188. The highest BCUT2D eigenvalue weighted by atomic mass is 16.2. The quantitative estimate of drug-likeness (QED) is 0.749. The van der Waals surface area contributed by atoms with E-state index in [2.05, 4.69) is 6.92 Å². The summed E-state index contributed by atoms with van der Waals surface area (Å²) in [4.78, 5) is 14.2. The Morgan fingerprint density at radius 3 is 2.35 bits per heavy atom. The third kappa shape index (κ3) is 3.44. The van der Waals surface area contributed by atoms with Crippen molar-refractivity contribution < 1.29 is 4.79 Å². The van der Waals surface area contributed by atoms with Gasteiger partial charge in [-0.1, -0.05) is 32.6 Å². The van der Waals surface area contributed by atoms with Crippen molar-refractivity contribution in [2.75, 3.05) is 13.1 Å². The average molecular weight is 238 g/mol. The molecule has 2 atom stereocenters. The first-order valence-corrected chi connectivity index (χ1v) is 7.20. The number of carbonyl (C=O) groups excluding carboxylic acids is 1. The molecule has 3 nitrogen and oxygen atoms in total. The average Bonchev–Trinajstić information content (AvgIpc) is 2.54. The summed E-state index contributed by atoms with van der Waals surface area (Å²) in [5.41, 5.74) is 5.97. The van der Waals surface area contributed by atoms with E-state index in [-0.39, 0.29) is 6.04 Å². The van der Waals surface area contributed by atoms with Crippen molar-refractivity contribution in [2.24, 2.45) is 17.6 Å². The van der Waals surface area contributed by atoms with Gasteiger partial charge < -0.3 is 10.6 Å². The van der Waals surface area contributed by atoms with Crippen molar-refractivity contribution >= 4 is 5.91 Å². The fraction of sp³-hybridized carbons (Fsp3) is 0.929. The van der Waals surface area contributed by atoms with Crippen LogP contribution in [-0.4, -0.2) is 29.9 Å². The van der Waals surface area contributed by atoms with Gasteiger partial charge in [0.15, 0.2) is 0 Å². The molecule has 1 heterocycles. The van der Waals surface area contributed by atoms with Gasteiger partial charge in [0.1, 0.15) is 0 Å². The number of nitrogens with zero attached hydrogens (tertiary/aromatic N) is 1. The van der Waals surface area contributed by atoms with Gasteiger partial charge in [0.05, 0.1) is 0 Å². The molecule has 0 bridgehead atoms. The van der Waals surface area contributed by atoms with Gasteiger partial charge in [0, 0.05) is 25.6 Å². The molecule has 0 aromatic carbocycles. The van der Waals surface area contributed by atoms with E-state index in [1.807, 2.05) is 4.90 Å². The van der Waals surface area contributed by atoms with Crippen LogP contribution in [0.25, 0.3) is 0 Å². The van der Waals surface area contributed by atoms with Crippen molar-refractivity contribution in [2.45, 2.75) is 57.9 Å². The molecule has 1 saturated carbocycles.